The van der Waals surface area contributed by atoms with Crippen molar-refractivity contribution in [2.24, 2.45) is 7.05 Å². The molecule has 5 heteroatoms. The van der Waals surface area contributed by atoms with Gasteiger partial charge in [-0.3, -0.25) is 9.48 Å². The molecule has 0 saturated heterocycles. The lowest BCUT2D eigenvalue weighted by molar-refractivity contribution is 0.609. The molecule has 0 spiro atoms. The fourth-order valence-corrected chi connectivity index (χ4v) is 1.91. The first-order valence-corrected chi connectivity index (χ1v) is 5.71. The molecule has 2 rings (SSSR count). The molecule has 2 heterocycles. The maximum Gasteiger partial charge on any atom is 0.268 e. The van der Waals surface area contributed by atoms with Crippen molar-refractivity contribution < 1.29 is 0 Å². The number of nitriles is 1. The second kappa shape index (κ2) is 4.88. The van der Waals surface area contributed by atoms with Gasteiger partial charge in [-0.2, -0.15) is 10.4 Å². The van der Waals surface area contributed by atoms with Crippen molar-refractivity contribution in [3.8, 4) is 6.07 Å². The van der Waals surface area contributed by atoms with E-state index in [9.17, 15) is 4.79 Å². The number of aromatic nitrogens is 3. The minimum Gasteiger partial charge on any atom is -0.311 e. The maximum atomic E-state index is 12.0. The third kappa shape index (κ3) is 2.18. The van der Waals surface area contributed by atoms with Gasteiger partial charge in [0.25, 0.3) is 5.56 Å². The van der Waals surface area contributed by atoms with Gasteiger partial charge in [-0.25, -0.2) is 0 Å². The van der Waals surface area contributed by atoms with Gasteiger partial charge in [-0.1, -0.05) is 0 Å². The molecular weight excluding hydrogens is 228 g/mol. The van der Waals surface area contributed by atoms with Crippen LogP contribution in [0.3, 0.4) is 0 Å². The summed E-state index contributed by atoms with van der Waals surface area (Å²) in [4.78, 5) is 12.0. The summed E-state index contributed by atoms with van der Waals surface area (Å²) in [5.41, 5.74) is 1.88. The van der Waals surface area contributed by atoms with Crippen molar-refractivity contribution in [3.63, 3.8) is 0 Å². The minimum atomic E-state index is -0.223. The van der Waals surface area contributed by atoms with Crippen molar-refractivity contribution in [1.82, 2.24) is 14.3 Å². The van der Waals surface area contributed by atoms with E-state index in [1.54, 1.807) is 27.6 Å². The minimum absolute atomic E-state index is 0.186. The van der Waals surface area contributed by atoms with Crippen LogP contribution in [0.15, 0.2) is 29.2 Å². The topological polar surface area (TPSA) is 63.6 Å². The Bertz CT molecular complexity index is 660. The third-order valence-electron chi connectivity index (χ3n) is 3.03. The number of rotatable bonds is 3. The molecule has 0 aliphatic rings. The number of hydrogen-bond donors (Lipinski definition) is 0. The Morgan fingerprint density at radius 2 is 2.17 bits per heavy atom. The highest BCUT2D eigenvalue weighted by molar-refractivity contribution is 5.27. The molecule has 2 aromatic rings. The van der Waals surface area contributed by atoms with Gasteiger partial charge >= 0.3 is 0 Å². The molecule has 18 heavy (non-hydrogen) atoms. The maximum absolute atomic E-state index is 12.0. The zero-order valence-electron chi connectivity index (χ0n) is 10.4. The van der Waals surface area contributed by atoms with E-state index in [2.05, 4.69) is 5.10 Å². The fraction of sp³-hybridized carbons (Fsp3) is 0.308. The Hall–Kier alpha value is -2.35. The van der Waals surface area contributed by atoms with Crippen LogP contribution >= 0.6 is 0 Å². The summed E-state index contributed by atoms with van der Waals surface area (Å²) in [6.07, 6.45) is 2.45. The lowest BCUT2D eigenvalue weighted by atomic mass is 10.2. The number of nitrogens with zero attached hydrogens (tertiary/aromatic N) is 4. The highest BCUT2D eigenvalue weighted by atomic mass is 16.1. The van der Waals surface area contributed by atoms with Gasteiger partial charge in [-0.05, 0) is 25.1 Å². The lowest BCUT2D eigenvalue weighted by Crippen LogP contribution is -2.25. The molecule has 0 bridgehead atoms. The highest BCUT2D eigenvalue weighted by Gasteiger charge is 2.06. The summed E-state index contributed by atoms with van der Waals surface area (Å²) in [6.45, 7) is 2.42. The van der Waals surface area contributed by atoms with Crippen LogP contribution in [0.2, 0.25) is 0 Å². The predicted octanol–water partition coefficient (Wildman–Crippen LogP) is 1.00. The molecule has 2 aromatic heterocycles. The molecule has 0 aliphatic carbocycles. The van der Waals surface area contributed by atoms with Gasteiger partial charge < -0.3 is 4.57 Å². The standard InChI is InChI=1S/C13H14N4O/c1-10-3-4-11(9-14)13(18)17(10)8-6-12-5-7-15-16(12)2/h3-5,7H,6,8H2,1-2H3. The van der Waals surface area contributed by atoms with Crippen molar-refractivity contribution in [2.45, 2.75) is 19.9 Å². The molecular formula is C13H14N4O. The van der Waals surface area contributed by atoms with E-state index in [4.69, 9.17) is 5.26 Å². The van der Waals surface area contributed by atoms with Gasteiger partial charge in [-0.15, -0.1) is 0 Å². The SMILES string of the molecule is Cc1ccc(C#N)c(=O)n1CCc1ccnn1C. The van der Waals surface area contributed by atoms with Gasteiger partial charge in [0.15, 0.2) is 0 Å². The second-order valence-corrected chi connectivity index (χ2v) is 4.15. The summed E-state index contributed by atoms with van der Waals surface area (Å²) in [5.74, 6) is 0. The van der Waals surface area contributed by atoms with Crippen LogP contribution in [-0.2, 0) is 20.0 Å². The van der Waals surface area contributed by atoms with Gasteiger partial charge in [0.05, 0.1) is 0 Å². The van der Waals surface area contributed by atoms with Gasteiger partial charge in [0.1, 0.15) is 11.6 Å². The third-order valence-corrected chi connectivity index (χ3v) is 3.03. The van der Waals surface area contributed by atoms with E-state index in [1.165, 1.54) is 0 Å². The van der Waals surface area contributed by atoms with Crippen LogP contribution in [0.1, 0.15) is 17.0 Å². The number of pyridine rings is 1. The average molecular weight is 242 g/mol. The van der Waals surface area contributed by atoms with Crippen LogP contribution in [0.5, 0.6) is 0 Å². The molecule has 0 aromatic carbocycles. The normalized spacial score (nSPS) is 10.3. The second-order valence-electron chi connectivity index (χ2n) is 4.15. The number of aryl methyl sites for hydroxylation is 3. The quantitative estimate of drug-likeness (QED) is 0.806. The largest absolute Gasteiger partial charge is 0.311 e. The van der Waals surface area contributed by atoms with E-state index in [0.717, 1.165) is 11.4 Å². The zero-order valence-corrected chi connectivity index (χ0v) is 10.4. The predicted molar refractivity (Wildman–Crippen MR) is 67.1 cm³/mol. The molecule has 92 valence electrons. The van der Waals surface area contributed by atoms with Crippen LogP contribution in [-0.4, -0.2) is 14.3 Å². The van der Waals surface area contributed by atoms with Crippen LogP contribution < -0.4 is 5.56 Å². The van der Waals surface area contributed by atoms with E-state index in [0.29, 0.717) is 13.0 Å². The molecule has 0 radical (unpaired) electrons. The molecule has 0 amide bonds. The monoisotopic (exact) mass is 242 g/mol. The molecule has 0 N–H and O–H groups in total. The first-order chi connectivity index (χ1) is 8.63. The average Bonchev–Trinajstić information content (AvgIpc) is 2.75. The summed E-state index contributed by atoms with van der Waals surface area (Å²) < 4.78 is 3.42. The molecule has 0 saturated carbocycles. The van der Waals surface area contributed by atoms with Gasteiger partial charge in [0, 0.05) is 37.6 Å². The van der Waals surface area contributed by atoms with E-state index in [1.807, 2.05) is 26.1 Å². The molecule has 5 nitrogen and oxygen atoms in total. The van der Waals surface area contributed by atoms with Crippen molar-refractivity contribution in [3.05, 3.63) is 51.7 Å². The summed E-state index contributed by atoms with van der Waals surface area (Å²) in [6, 6.07) is 7.20. The van der Waals surface area contributed by atoms with Crippen LogP contribution in [0.4, 0.5) is 0 Å². The Morgan fingerprint density at radius 3 is 2.78 bits per heavy atom. The summed E-state index contributed by atoms with van der Waals surface area (Å²) in [7, 11) is 1.87. The summed E-state index contributed by atoms with van der Waals surface area (Å²) >= 11 is 0. The lowest BCUT2D eigenvalue weighted by Gasteiger charge is -2.10. The Balaban J connectivity index is 2.28. The highest BCUT2D eigenvalue weighted by Crippen LogP contribution is 2.02. The first-order valence-electron chi connectivity index (χ1n) is 5.71. The fourth-order valence-electron chi connectivity index (χ4n) is 1.91. The van der Waals surface area contributed by atoms with E-state index >= 15 is 0 Å². The van der Waals surface area contributed by atoms with E-state index < -0.39 is 0 Å². The Morgan fingerprint density at radius 1 is 1.39 bits per heavy atom. The van der Waals surface area contributed by atoms with Crippen LogP contribution in [0, 0.1) is 18.3 Å². The Kier molecular flexibility index (Phi) is 3.28. The molecule has 0 unspecified atom stereocenters. The van der Waals surface area contributed by atoms with Crippen molar-refractivity contribution >= 4 is 0 Å². The first kappa shape index (κ1) is 12.1. The van der Waals surface area contributed by atoms with E-state index in [-0.39, 0.29) is 11.1 Å². The number of hydrogen-bond acceptors (Lipinski definition) is 3. The van der Waals surface area contributed by atoms with Crippen molar-refractivity contribution in [1.29, 1.82) is 5.26 Å². The molecule has 0 fully saturated rings. The van der Waals surface area contributed by atoms with Crippen LogP contribution in [0.25, 0.3) is 0 Å². The molecule has 0 atom stereocenters. The Labute approximate surface area is 105 Å². The molecule has 0 aliphatic heterocycles. The zero-order chi connectivity index (χ0) is 13.1. The van der Waals surface area contributed by atoms with Gasteiger partial charge in [0.2, 0.25) is 0 Å². The smallest absolute Gasteiger partial charge is 0.268 e. The summed E-state index contributed by atoms with van der Waals surface area (Å²) in [5, 5.41) is 12.9. The van der Waals surface area contributed by atoms with Crippen molar-refractivity contribution in [2.75, 3.05) is 0 Å².